The lowest BCUT2D eigenvalue weighted by atomic mass is 10.1. The minimum absolute atomic E-state index is 0.0663. The van der Waals surface area contributed by atoms with Crippen molar-refractivity contribution in [2.24, 2.45) is 5.92 Å². The molecule has 0 spiro atoms. The molecule has 0 aliphatic rings. The van der Waals surface area contributed by atoms with Gasteiger partial charge in [-0.2, -0.15) is 0 Å². The van der Waals surface area contributed by atoms with E-state index in [2.05, 4.69) is 5.48 Å². The summed E-state index contributed by atoms with van der Waals surface area (Å²) in [5.41, 5.74) is 3.77. The summed E-state index contributed by atoms with van der Waals surface area (Å²) in [4.78, 5) is 41.1. The first-order valence-corrected chi connectivity index (χ1v) is 9.85. The Hall–Kier alpha value is -3.19. The van der Waals surface area contributed by atoms with E-state index in [0.29, 0.717) is 12.0 Å². The van der Waals surface area contributed by atoms with Gasteiger partial charge in [0.15, 0.2) is 0 Å². The van der Waals surface area contributed by atoms with Gasteiger partial charge in [-0.1, -0.05) is 62.4 Å². The third-order valence-corrected chi connectivity index (χ3v) is 4.22. The van der Waals surface area contributed by atoms with Crippen LogP contribution in [-0.2, 0) is 30.5 Å². The van der Waals surface area contributed by atoms with E-state index in [9.17, 15) is 14.4 Å². The number of rotatable bonds is 11. The van der Waals surface area contributed by atoms with Crippen LogP contribution >= 0.6 is 0 Å². The lowest BCUT2D eigenvalue weighted by Gasteiger charge is -2.20. The second-order valence-electron chi connectivity index (χ2n) is 7.01. The van der Waals surface area contributed by atoms with Crippen molar-refractivity contribution in [1.29, 1.82) is 0 Å². The van der Waals surface area contributed by atoms with Gasteiger partial charge in [-0.05, 0) is 30.0 Å². The molecule has 0 radical (unpaired) electrons. The summed E-state index contributed by atoms with van der Waals surface area (Å²) in [6.07, 6.45) is 0.483. The fourth-order valence-electron chi connectivity index (χ4n) is 2.50. The maximum absolute atomic E-state index is 12.3. The van der Waals surface area contributed by atoms with Crippen LogP contribution in [0.4, 0.5) is 0 Å². The summed E-state index contributed by atoms with van der Waals surface area (Å²) in [6.45, 7) is 3.88. The van der Waals surface area contributed by atoms with Crippen LogP contribution in [-0.4, -0.2) is 30.6 Å². The van der Waals surface area contributed by atoms with E-state index in [-0.39, 0.29) is 31.5 Å². The predicted molar refractivity (Wildman–Crippen MR) is 110 cm³/mol. The number of ether oxygens (including phenoxy) is 2. The van der Waals surface area contributed by atoms with E-state index in [4.69, 9.17) is 14.3 Å². The number of hydrogen-bond donors (Lipinski definition) is 1. The summed E-state index contributed by atoms with van der Waals surface area (Å²) in [5.74, 6) is -1.67. The molecule has 0 bridgehead atoms. The fraction of sp³-hybridized carbons (Fsp3) is 0.348. The van der Waals surface area contributed by atoms with Gasteiger partial charge >= 0.3 is 17.9 Å². The zero-order valence-corrected chi connectivity index (χ0v) is 17.2. The molecule has 0 heterocycles. The summed E-state index contributed by atoms with van der Waals surface area (Å²) in [7, 11) is 0. The standard InChI is InChI=1S/C23H27NO6/c1-17(2)21(24-30-22(26)19-12-7-4-8-13-19)23(27)28-15-9-14-20(25)29-16-18-10-5-3-6-11-18/h3-8,10-13,17,21,24H,9,14-16H2,1-2H3/t21-/m0/s1. The highest BCUT2D eigenvalue weighted by molar-refractivity contribution is 5.89. The van der Waals surface area contributed by atoms with Crippen molar-refractivity contribution in [2.45, 2.75) is 39.3 Å². The fourth-order valence-corrected chi connectivity index (χ4v) is 2.50. The third kappa shape index (κ3) is 8.05. The molecule has 160 valence electrons. The normalized spacial score (nSPS) is 11.6. The second kappa shape index (κ2) is 12.4. The Labute approximate surface area is 176 Å². The minimum Gasteiger partial charge on any atom is -0.464 e. The molecule has 0 unspecified atom stereocenters. The number of carbonyl (C=O) groups is 3. The van der Waals surface area contributed by atoms with Crippen LogP contribution in [0.5, 0.6) is 0 Å². The Bertz CT molecular complexity index is 807. The molecule has 0 aromatic heterocycles. The van der Waals surface area contributed by atoms with E-state index in [1.165, 1.54) is 0 Å². The molecule has 2 aromatic rings. The van der Waals surface area contributed by atoms with Gasteiger partial charge < -0.3 is 14.3 Å². The van der Waals surface area contributed by atoms with Gasteiger partial charge in [-0.15, -0.1) is 5.48 Å². The molecule has 0 fully saturated rings. The summed E-state index contributed by atoms with van der Waals surface area (Å²) in [5, 5.41) is 0. The number of esters is 2. The first kappa shape index (κ1) is 23.1. The molecule has 7 heteroatoms. The van der Waals surface area contributed by atoms with Gasteiger partial charge in [0.1, 0.15) is 12.6 Å². The monoisotopic (exact) mass is 413 g/mol. The van der Waals surface area contributed by atoms with Crippen LogP contribution in [0.1, 0.15) is 42.6 Å². The number of benzene rings is 2. The van der Waals surface area contributed by atoms with E-state index in [1.807, 2.05) is 30.3 Å². The van der Waals surface area contributed by atoms with Crippen molar-refractivity contribution in [3.63, 3.8) is 0 Å². The van der Waals surface area contributed by atoms with E-state index in [1.54, 1.807) is 44.2 Å². The average Bonchev–Trinajstić information content (AvgIpc) is 2.76. The largest absolute Gasteiger partial charge is 0.464 e. The Kier molecular flexibility index (Phi) is 9.54. The quantitative estimate of drug-likeness (QED) is 0.261. The molecule has 0 saturated carbocycles. The van der Waals surface area contributed by atoms with Gasteiger partial charge in [0.05, 0.1) is 12.2 Å². The Balaban J connectivity index is 1.68. The van der Waals surface area contributed by atoms with Crippen LogP contribution in [0, 0.1) is 5.92 Å². The van der Waals surface area contributed by atoms with Gasteiger partial charge in [0.25, 0.3) is 0 Å². The molecule has 0 amide bonds. The van der Waals surface area contributed by atoms with Gasteiger partial charge in [0, 0.05) is 6.42 Å². The van der Waals surface area contributed by atoms with Crippen molar-refractivity contribution in [3.05, 3.63) is 71.8 Å². The molecule has 2 rings (SSSR count). The topological polar surface area (TPSA) is 90.9 Å². The van der Waals surface area contributed by atoms with Crippen LogP contribution in [0.3, 0.4) is 0 Å². The maximum atomic E-state index is 12.3. The highest BCUT2D eigenvalue weighted by atomic mass is 16.7. The molecule has 0 saturated heterocycles. The predicted octanol–water partition coefficient (Wildman–Crippen LogP) is 3.44. The lowest BCUT2D eigenvalue weighted by Crippen LogP contribution is -2.43. The molecule has 7 nitrogen and oxygen atoms in total. The average molecular weight is 413 g/mol. The minimum atomic E-state index is -0.817. The maximum Gasteiger partial charge on any atom is 0.356 e. The van der Waals surface area contributed by atoms with Gasteiger partial charge in [-0.25, -0.2) is 4.79 Å². The summed E-state index contributed by atoms with van der Waals surface area (Å²) in [6, 6.07) is 17.0. The van der Waals surface area contributed by atoms with E-state index < -0.39 is 18.0 Å². The molecule has 2 aromatic carbocycles. The smallest absolute Gasteiger partial charge is 0.356 e. The Morgan fingerprint density at radius 2 is 1.53 bits per heavy atom. The molecule has 0 aliphatic carbocycles. The van der Waals surface area contributed by atoms with Crippen LogP contribution in [0.25, 0.3) is 0 Å². The second-order valence-corrected chi connectivity index (χ2v) is 7.01. The zero-order chi connectivity index (χ0) is 21.8. The molecule has 0 aliphatic heterocycles. The van der Waals surface area contributed by atoms with Gasteiger partial charge in [0.2, 0.25) is 0 Å². The van der Waals surface area contributed by atoms with Crippen molar-refractivity contribution in [3.8, 4) is 0 Å². The molecular weight excluding hydrogens is 386 g/mol. The van der Waals surface area contributed by atoms with Crippen molar-refractivity contribution in [1.82, 2.24) is 5.48 Å². The zero-order valence-electron chi connectivity index (χ0n) is 17.2. The first-order valence-electron chi connectivity index (χ1n) is 9.85. The van der Waals surface area contributed by atoms with Crippen LogP contribution < -0.4 is 5.48 Å². The molecule has 1 N–H and O–H groups in total. The summed E-state index contributed by atoms with van der Waals surface area (Å²) >= 11 is 0. The van der Waals surface area contributed by atoms with Crippen LogP contribution in [0.2, 0.25) is 0 Å². The molecule has 30 heavy (non-hydrogen) atoms. The van der Waals surface area contributed by atoms with Crippen molar-refractivity contribution < 1.29 is 28.7 Å². The number of carbonyl (C=O) groups excluding carboxylic acids is 3. The molecule has 1 atom stereocenters. The number of hydrogen-bond acceptors (Lipinski definition) is 7. The van der Waals surface area contributed by atoms with Crippen LogP contribution in [0.15, 0.2) is 60.7 Å². The van der Waals surface area contributed by atoms with E-state index in [0.717, 1.165) is 5.56 Å². The highest BCUT2D eigenvalue weighted by Gasteiger charge is 2.25. The van der Waals surface area contributed by atoms with Gasteiger partial charge in [-0.3, -0.25) is 9.59 Å². The van der Waals surface area contributed by atoms with Crippen molar-refractivity contribution >= 4 is 17.9 Å². The van der Waals surface area contributed by atoms with Crippen molar-refractivity contribution in [2.75, 3.05) is 6.61 Å². The summed E-state index contributed by atoms with van der Waals surface area (Å²) < 4.78 is 10.4. The number of hydroxylamine groups is 1. The third-order valence-electron chi connectivity index (χ3n) is 4.22. The lowest BCUT2D eigenvalue weighted by molar-refractivity contribution is -0.153. The first-order chi connectivity index (χ1) is 14.5. The Morgan fingerprint density at radius 3 is 2.17 bits per heavy atom. The van der Waals surface area contributed by atoms with E-state index >= 15 is 0 Å². The molecular formula is C23H27NO6. The number of nitrogens with one attached hydrogen (secondary N) is 1. The Morgan fingerprint density at radius 1 is 0.900 bits per heavy atom. The SMILES string of the molecule is CC(C)[C@H](NOC(=O)c1ccccc1)C(=O)OCCCC(=O)OCc1ccccc1. The highest BCUT2D eigenvalue weighted by Crippen LogP contribution is 2.08.